The topological polar surface area (TPSA) is 30.0 Å². The second-order valence-electron chi connectivity index (χ2n) is 4.07. The fraction of sp³-hybridized carbons (Fsp3) is 0.143. The third-order valence-electron chi connectivity index (χ3n) is 2.57. The average Bonchev–Trinajstić information content (AvgIpc) is 2.43. The lowest BCUT2D eigenvalue weighted by molar-refractivity contribution is 0.0993. The first-order valence-corrected chi connectivity index (χ1v) is 7.42. The number of nitrogens with zero attached hydrogens (tertiary/aromatic N) is 1. The monoisotopic (exact) mass is 357 g/mol. The van der Waals surface area contributed by atoms with E-state index in [0.717, 1.165) is 16.6 Å². The van der Waals surface area contributed by atoms with Gasteiger partial charge < -0.3 is 0 Å². The van der Waals surface area contributed by atoms with Gasteiger partial charge in [-0.2, -0.15) is 0 Å². The van der Waals surface area contributed by atoms with Gasteiger partial charge in [0.2, 0.25) is 0 Å². The highest BCUT2D eigenvalue weighted by atomic mass is 79.9. The Labute approximate surface area is 127 Å². The highest BCUT2D eigenvalue weighted by molar-refractivity contribution is 9.10. The van der Waals surface area contributed by atoms with Gasteiger partial charge in [-0.3, -0.25) is 4.79 Å². The predicted molar refractivity (Wildman–Crippen MR) is 77.9 cm³/mol. The van der Waals surface area contributed by atoms with Crippen molar-refractivity contribution in [3.63, 3.8) is 0 Å². The minimum atomic E-state index is -1.02. The zero-order valence-electron chi connectivity index (χ0n) is 10.4. The van der Waals surface area contributed by atoms with Crippen molar-refractivity contribution in [2.75, 3.05) is 0 Å². The maximum atomic E-state index is 13.1. The summed E-state index contributed by atoms with van der Waals surface area (Å²) in [6, 6.07) is 6.77. The lowest BCUT2D eigenvalue weighted by Crippen LogP contribution is -2.14. The molecule has 2 rings (SSSR count). The van der Waals surface area contributed by atoms with Crippen LogP contribution in [0.1, 0.15) is 17.3 Å². The molecule has 2 nitrogen and oxygen atoms in total. The van der Waals surface area contributed by atoms with Crippen molar-refractivity contribution in [2.45, 2.75) is 17.2 Å². The SMILES string of the molecule is CC(Sc1ccc(Br)cn1)C(=O)c1ccc(F)c(F)c1. The van der Waals surface area contributed by atoms with Crippen LogP contribution in [0.3, 0.4) is 0 Å². The minimum Gasteiger partial charge on any atom is -0.293 e. The van der Waals surface area contributed by atoms with E-state index >= 15 is 0 Å². The summed E-state index contributed by atoms with van der Waals surface area (Å²) in [5.74, 6) is -2.25. The van der Waals surface area contributed by atoms with Crippen LogP contribution in [0.25, 0.3) is 0 Å². The van der Waals surface area contributed by atoms with Crippen molar-refractivity contribution in [2.24, 2.45) is 0 Å². The van der Waals surface area contributed by atoms with Crippen molar-refractivity contribution in [3.05, 3.63) is 58.2 Å². The number of carbonyl (C=O) groups excluding carboxylic acids is 1. The Bertz CT molecular complexity index is 634. The maximum Gasteiger partial charge on any atom is 0.176 e. The molecular weight excluding hydrogens is 348 g/mol. The van der Waals surface area contributed by atoms with Crippen LogP contribution < -0.4 is 0 Å². The summed E-state index contributed by atoms with van der Waals surface area (Å²) >= 11 is 4.54. The molecule has 0 saturated heterocycles. The second kappa shape index (κ2) is 6.45. The summed E-state index contributed by atoms with van der Waals surface area (Å²) in [4.78, 5) is 16.3. The quantitative estimate of drug-likeness (QED) is 0.596. The fourth-order valence-electron chi connectivity index (χ4n) is 1.55. The third-order valence-corrected chi connectivity index (χ3v) is 4.09. The van der Waals surface area contributed by atoms with Crippen LogP contribution in [0.5, 0.6) is 0 Å². The molecule has 1 aromatic carbocycles. The lowest BCUT2D eigenvalue weighted by Gasteiger charge is -2.10. The predicted octanol–water partition coefficient (Wildman–Crippen LogP) is 4.49. The number of hydrogen-bond acceptors (Lipinski definition) is 3. The van der Waals surface area contributed by atoms with Crippen LogP contribution in [-0.4, -0.2) is 16.0 Å². The zero-order chi connectivity index (χ0) is 14.7. The third kappa shape index (κ3) is 3.64. The van der Waals surface area contributed by atoms with Crippen molar-refractivity contribution in [1.82, 2.24) is 4.98 Å². The Morgan fingerprint density at radius 1 is 1.25 bits per heavy atom. The molecule has 0 aliphatic rings. The van der Waals surface area contributed by atoms with E-state index < -0.39 is 16.9 Å². The Balaban J connectivity index is 2.11. The molecule has 2 aromatic rings. The summed E-state index contributed by atoms with van der Waals surface area (Å²) in [7, 11) is 0. The molecular formula is C14H10BrF2NOS. The number of benzene rings is 1. The van der Waals surface area contributed by atoms with Gasteiger partial charge in [-0.25, -0.2) is 13.8 Å². The van der Waals surface area contributed by atoms with E-state index in [0.29, 0.717) is 5.03 Å². The van der Waals surface area contributed by atoms with Gasteiger partial charge in [0, 0.05) is 16.2 Å². The first kappa shape index (κ1) is 15.1. The first-order chi connectivity index (χ1) is 9.47. The number of Topliss-reactive ketones (excluding diaryl/α,β-unsaturated/α-hetero) is 1. The van der Waals surface area contributed by atoms with E-state index in [1.165, 1.54) is 17.8 Å². The van der Waals surface area contributed by atoms with Gasteiger partial charge in [0.15, 0.2) is 17.4 Å². The Kier molecular flexibility index (Phi) is 4.88. The van der Waals surface area contributed by atoms with E-state index in [1.807, 2.05) is 6.07 Å². The van der Waals surface area contributed by atoms with E-state index in [9.17, 15) is 13.6 Å². The molecule has 1 aromatic heterocycles. The van der Waals surface area contributed by atoms with Crippen LogP contribution in [0.2, 0.25) is 0 Å². The van der Waals surface area contributed by atoms with Gasteiger partial charge in [0.25, 0.3) is 0 Å². The normalized spacial score (nSPS) is 12.2. The van der Waals surface area contributed by atoms with Crippen molar-refractivity contribution in [1.29, 1.82) is 0 Å². The smallest absolute Gasteiger partial charge is 0.176 e. The van der Waals surface area contributed by atoms with E-state index in [2.05, 4.69) is 20.9 Å². The standard InChI is InChI=1S/C14H10BrF2NOS/c1-8(20-13-5-3-10(15)7-18-13)14(19)9-2-4-11(16)12(17)6-9/h2-8H,1H3. The van der Waals surface area contributed by atoms with E-state index in [-0.39, 0.29) is 11.3 Å². The molecule has 0 N–H and O–H groups in total. The number of thioether (sulfide) groups is 1. The Morgan fingerprint density at radius 3 is 2.60 bits per heavy atom. The number of halogens is 3. The fourth-order valence-corrected chi connectivity index (χ4v) is 2.65. The van der Waals surface area contributed by atoms with Gasteiger partial charge in [-0.05, 0) is 53.2 Å². The summed E-state index contributed by atoms with van der Waals surface area (Å²) in [5, 5.41) is 0.255. The molecule has 0 radical (unpaired) electrons. The largest absolute Gasteiger partial charge is 0.293 e. The summed E-state index contributed by atoms with van der Waals surface area (Å²) in [5.41, 5.74) is 0.154. The molecule has 0 saturated carbocycles. The maximum absolute atomic E-state index is 13.1. The van der Waals surface area contributed by atoms with Crippen molar-refractivity contribution >= 4 is 33.5 Å². The molecule has 0 amide bonds. The van der Waals surface area contributed by atoms with Gasteiger partial charge in [-0.1, -0.05) is 11.8 Å². The molecule has 104 valence electrons. The van der Waals surface area contributed by atoms with E-state index in [4.69, 9.17) is 0 Å². The molecule has 0 aliphatic heterocycles. The molecule has 0 aliphatic carbocycles. The van der Waals surface area contributed by atoms with Crippen LogP contribution >= 0.6 is 27.7 Å². The molecule has 20 heavy (non-hydrogen) atoms. The summed E-state index contributed by atoms with van der Waals surface area (Å²) in [6.07, 6.45) is 1.64. The Morgan fingerprint density at radius 2 is 2.00 bits per heavy atom. The number of pyridine rings is 1. The van der Waals surface area contributed by atoms with Crippen LogP contribution in [0, 0.1) is 11.6 Å². The highest BCUT2D eigenvalue weighted by Gasteiger charge is 2.18. The molecule has 1 unspecified atom stereocenters. The van der Waals surface area contributed by atoms with Crippen LogP contribution in [0.15, 0.2) is 46.0 Å². The van der Waals surface area contributed by atoms with Crippen LogP contribution in [-0.2, 0) is 0 Å². The lowest BCUT2D eigenvalue weighted by atomic mass is 10.1. The van der Waals surface area contributed by atoms with E-state index in [1.54, 1.807) is 19.2 Å². The minimum absolute atomic E-state index is 0.154. The number of carbonyl (C=O) groups is 1. The second-order valence-corrected chi connectivity index (χ2v) is 6.34. The molecule has 1 heterocycles. The molecule has 0 spiro atoms. The van der Waals surface area contributed by atoms with Gasteiger partial charge in [-0.15, -0.1) is 0 Å². The number of hydrogen-bond donors (Lipinski definition) is 0. The van der Waals surface area contributed by atoms with Gasteiger partial charge in [0.05, 0.1) is 10.3 Å². The summed E-state index contributed by atoms with van der Waals surface area (Å²) in [6.45, 7) is 1.71. The first-order valence-electron chi connectivity index (χ1n) is 5.75. The molecule has 0 bridgehead atoms. The number of ketones is 1. The average molecular weight is 358 g/mol. The number of aromatic nitrogens is 1. The molecule has 6 heteroatoms. The molecule has 1 atom stereocenters. The van der Waals surface area contributed by atoms with Gasteiger partial charge >= 0.3 is 0 Å². The zero-order valence-corrected chi connectivity index (χ0v) is 12.8. The van der Waals surface area contributed by atoms with Gasteiger partial charge in [0.1, 0.15) is 0 Å². The molecule has 0 fully saturated rings. The summed E-state index contributed by atoms with van der Waals surface area (Å²) < 4.78 is 26.8. The van der Waals surface area contributed by atoms with Crippen molar-refractivity contribution < 1.29 is 13.6 Å². The van der Waals surface area contributed by atoms with Crippen molar-refractivity contribution in [3.8, 4) is 0 Å². The number of rotatable bonds is 4. The highest BCUT2D eigenvalue weighted by Crippen LogP contribution is 2.25. The van der Waals surface area contributed by atoms with Crippen LogP contribution in [0.4, 0.5) is 8.78 Å². The Hall–Kier alpha value is -1.27.